The van der Waals surface area contributed by atoms with Gasteiger partial charge in [-0.1, -0.05) is 127 Å². The lowest BCUT2D eigenvalue weighted by Crippen LogP contribution is -2.36. The standard InChI is InChI=1S/C35H36N2O/c38-34(36-35(32-12-6-2-7-13-32)33-14-8-3-9-15-33)26-30-22-24-37(25-23-30)27-31-20-18-29(19-21-31)17-16-28-10-4-1-5-11-28/h1-21,30,35H,22-27H2,(H,36,38)/b17-16+. The summed E-state index contributed by atoms with van der Waals surface area (Å²) < 4.78 is 0. The third kappa shape index (κ3) is 7.30. The van der Waals surface area contributed by atoms with Crippen LogP contribution in [0.1, 0.15) is 53.1 Å². The van der Waals surface area contributed by atoms with Gasteiger partial charge in [-0.2, -0.15) is 0 Å². The first-order chi connectivity index (χ1) is 18.7. The van der Waals surface area contributed by atoms with E-state index in [1.165, 1.54) is 16.7 Å². The number of hydrogen-bond donors (Lipinski definition) is 1. The van der Waals surface area contributed by atoms with E-state index in [2.05, 4.69) is 95.2 Å². The van der Waals surface area contributed by atoms with E-state index >= 15 is 0 Å². The molecule has 3 heteroatoms. The van der Waals surface area contributed by atoms with Gasteiger partial charge in [0.25, 0.3) is 0 Å². The molecule has 1 heterocycles. The van der Waals surface area contributed by atoms with Crippen LogP contribution in [0.3, 0.4) is 0 Å². The summed E-state index contributed by atoms with van der Waals surface area (Å²) in [5, 5.41) is 3.32. The van der Waals surface area contributed by atoms with Crippen molar-refractivity contribution in [3.63, 3.8) is 0 Å². The molecule has 0 radical (unpaired) electrons. The van der Waals surface area contributed by atoms with Crippen LogP contribution < -0.4 is 5.32 Å². The Morgan fingerprint density at radius 1 is 0.711 bits per heavy atom. The fourth-order valence-corrected chi connectivity index (χ4v) is 5.23. The van der Waals surface area contributed by atoms with Crippen LogP contribution in [0.5, 0.6) is 0 Å². The van der Waals surface area contributed by atoms with Crippen molar-refractivity contribution in [2.75, 3.05) is 13.1 Å². The van der Waals surface area contributed by atoms with Gasteiger partial charge < -0.3 is 5.32 Å². The van der Waals surface area contributed by atoms with Crippen LogP contribution in [-0.4, -0.2) is 23.9 Å². The van der Waals surface area contributed by atoms with Crippen LogP contribution in [0.2, 0.25) is 0 Å². The second kappa shape index (κ2) is 13.0. The van der Waals surface area contributed by atoms with Crippen LogP contribution in [-0.2, 0) is 11.3 Å². The molecule has 4 aromatic rings. The minimum absolute atomic E-state index is 0.115. The van der Waals surface area contributed by atoms with Crippen molar-refractivity contribution in [2.24, 2.45) is 5.92 Å². The Morgan fingerprint density at radius 2 is 1.21 bits per heavy atom. The van der Waals surface area contributed by atoms with Gasteiger partial charge in [-0.05, 0) is 59.7 Å². The molecule has 4 aromatic carbocycles. The minimum atomic E-state index is -0.115. The Morgan fingerprint density at radius 3 is 1.76 bits per heavy atom. The molecule has 0 unspecified atom stereocenters. The van der Waals surface area contributed by atoms with E-state index < -0.39 is 0 Å². The van der Waals surface area contributed by atoms with Gasteiger partial charge in [-0.25, -0.2) is 0 Å². The number of carbonyl (C=O) groups excluding carboxylic acids is 1. The molecule has 3 nitrogen and oxygen atoms in total. The average Bonchev–Trinajstić information content (AvgIpc) is 2.98. The molecule has 0 aromatic heterocycles. The van der Waals surface area contributed by atoms with Crippen LogP contribution >= 0.6 is 0 Å². The summed E-state index contributed by atoms with van der Waals surface area (Å²) in [4.78, 5) is 15.6. The zero-order valence-electron chi connectivity index (χ0n) is 21.9. The largest absolute Gasteiger partial charge is 0.345 e. The molecule has 1 saturated heterocycles. The van der Waals surface area contributed by atoms with Crippen LogP contribution in [0.25, 0.3) is 12.2 Å². The van der Waals surface area contributed by atoms with Gasteiger partial charge in [-0.3, -0.25) is 9.69 Å². The van der Waals surface area contributed by atoms with Crippen molar-refractivity contribution >= 4 is 18.1 Å². The summed E-state index contributed by atoms with van der Waals surface area (Å²) in [7, 11) is 0. The van der Waals surface area contributed by atoms with E-state index in [0.29, 0.717) is 12.3 Å². The molecule has 1 N–H and O–H groups in total. The molecule has 1 aliphatic heterocycles. The Labute approximate surface area is 226 Å². The Balaban J connectivity index is 1.10. The van der Waals surface area contributed by atoms with Crippen molar-refractivity contribution in [3.8, 4) is 0 Å². The summed E-state index contributed by atoms with van der Waals surface area (Å²) in [5.74, 6) is 0.573. The van der Waals surface area contributed by atoms with E-state index in [0.717, 1.165) is 43.6 Å². The van der Waals surface area contributed by atoms with E-state index in [1.54, 1.807) is 0 Å². The topological polar surface area (TPSA) is 32.3 Å². The number of amides is 1. The van der Waals surface area contributed by atoms with Crippen molar-refractivity contribution in [1.82, 2.24) is 10.2 Å². The first-order valence-electron chi connectivity index (χ1n) is 13.7. The molecular weight excluding hydrogens is 464 g/mol. The molecule has 1 fully saturated rings. The smallest absolute Gasteiger partial charge is 0.221 e. The lowest BCUT2D eigenvalue weighted by molar-refractivity contribution is -0.122. The lowest BCUT2D eigenvalue weighted by atomic mass is 9.92. The summed E-state index contributed by atoms with van der Waals surface area (Å²) >= 11 is 0. The zero-order valence-corrected chi connectivity index (χ0v) is 21.9. The van der Waals surface area contributed by atoms with E-state index in [9.17, 15) is 4.79 Å². The third-order valence-corrected chi connectivity index (χ3v) is 7.41. The fraction of sp³-hybridized carbons (Fsp3) is 0.229. The first-order valence-corrected chi connectivity index (χ1v) is 13.7. The van der Waals surface area contributed by atoms with Gasteiger partial charge >= 0.3 is 0 Å². The molecule has 192 valence electrons. The zero-order chi connectivity index (χ0) is 26.0. The van der Waals surface area contributed by atoms with Gasteiger partial charge in [0.2, 0.25) is 5.91 Å². The predicted molar refractivity (Wildman–Crippen MR) is 157 cm³/mol. The molecule has 0 aliphatic carbocycles. The minimum Gasteiger partial charge on any atom is -0.345 e. The summed E-state index contributed by atoms with van der Waals surface area (Å²) in [6, 6.07) is 39.6. The van der Waals surface area contributed by atoms with Crippen LogP contribution in [0, 0.1) is 5.92 Å². The molecule has 0 saturated carbocycles. The van der Waals surface area contributed by atoms with Gasteiger partial charge in [0, 0.05) is 13.0 Å². The highest BCUT2D eigenvalue weighted by Gasteiger charge is 2.23. The molecule has 1 aliphatic rings. The van der Waals surface area contributed by atoms with Crippen LogP contribution in [0.4, 0.5) is 0 Å². The maximum Gasteiger partial charge on any atom is 0.221 e. The second-order valence-corrected chi connectivity index (χ2v) is 10.2. The normalized spacial score (nSPS) is 14.7. The molecule has 5 rings (SSSR count). The molecule has 38 heavy (non-hydrogen) atoms. The molecule has 1 amide bonds. The number of carbonyl (C=O) groups is 1. The second-order valence-electron chi connectivity index (χ2n) is 10.2. The Kier molecular flexibility index (Phi) is 8.81. The number of rotatable bonds is 9. The quantitative estimate of drug-likeness (QED) is 0.243. The highest BCUT2D eigenvalue weighted by Crippen LogP contribution is 2.25. The third-order valence-electron chi connectivity index (χ3n) is 7.41. The SMILES string of the molecule is O=C(CC1CCN(Cc2ccc(/C=C/c3ccccc3)cc2)CC1)NC(c1ccccc1)c1ccccc1. The highest BCUT2D eigenvalue weighted by molar-refractivity contribution is 5.77. The average molecular weight is 501 g/mol. The maximum absolute atomic E-state index is 13.1. The molecule has 0 atom stereocenters. The first kappa shape index (κ1) is 25.7. The van der Waals surface area contributed by atoms with Crippen molar-refractivity contribution in [3.05, 3.63) is 143 Å². The number of hydrogen-bond acceptors (Lipinski definition) is 2. The predicted octanol–water partition coefficient (Wildman–Crippen LogP) is 7.36. The summed E-state index contributed by atoms with van der Waals surface area (Å²) in [6.45, 7) is 3.04. The Bertz CT molecular complexity index is 1250. The number of likely N-dealkylation sites (tertiary alicyclic amines) is 1. The molecule has 0 spiro atoms. The number of piperidine rings is 1. The van der Waals surface area contributed by atoms with Crippen molar-refractivity contribution in [1.29, 1.82) is 0 Å². The fourth-order valence-electron chi connectivity index (χ4n) is 5.23. The summed E-state index contributed by atoms with van der Waals surface area (Å²) in [6.07, 6.45) is 7.03. The molecular formula is C35H36N2O. The van der Waals surface area contributed by atoms with Gasteiger partial charge in [0.15, 0.2) is 0 Å². The van der Waals surface area contributed by atoms with E-state index in [-0.39, 0.29) is 11.9 Å². The molecule has 0 bridgehead atoms. The maximum atomic E-state index is 13.1. The highest BCUT2D eigenvalue weighted by atomic mass is 16.1. The summed E-state index contributed by atoms with van der Waals surface area (Å²) in [5.41, 5.74) is 5.99. The van der Waals surface area contributed by atoms with Crippen molar-refractivity contribution < 1.29 is 4.79 Å². The number of nitrogens with one attached hydrogen (secondary N) is 1. The van der Waals surface area contributed by atoms with E-state index in [4.69, 9.17) is 0 Å². The lowest BCUT2D eigenvalue weighted by Gasteiger charge is -2.32. The van der Waals surface area contributed by atoms with Gasteiger partial charge in [0.05, 0.1) is 6.04 Å². The van der Waals surface area contributed by atoms with Crippen molar-refractivity contribution in [2.45, 2.75) is 31.8 Å². The monoisotopic (exact) mass is 500 g/mol. The van der Waals surface area contributed by atoms with Gasteiger partial charge in [-0.15, -0.1) is 0 Å². The Hall–Kier alpha value is -3.95. The number of nitrogens with zero attached hydrogens (tertiary/aromatic N) is 1. The van der Waals surface area contributed by atoms with Gasteiger partial charge in [0.1, 0.15) is 0 Å². The van der Waals surface area contributed by atoms with E-state index in [1.807, 2.05) is 42.5 Å². The number of benzene rings is 4. The van der Waals surface area contributed by atoms with Crippen LogP contribution in [0.15, 0.2) is 115 Å².